The minimum absolute atomic E-state index is 0. The molecule has 0 saturated heterocycles. The standard InChI is InChI=1S/C46H48N2O8S4.C12H8N2O4.2CNS.Ru/c1-3-5-7-9-11-31-33-35(51-19-17-49-33)43(57-31)45-39-37(53-21-23-55-39)41(59-45)27-13-15-47-29(25-27)30-26-28(14-16-48-30)42-38-40(56-24-22-54-38)46(60-42)44-36-34(50-18-20-52-36)32(58-44)12-10-8-6-4-2;15-7-18-9-2-4-14-11(6-9)10-5-8(12(16)17)1-3-13-10;2*2-1-3;/h13-16,25-26H,3-12,17-24H2,1-2H3;1-7H,(H,16,17);;;/q;;2*-1;+2. The van der Waals surface area contributed by atoms with Crippen LogP contribution in [0.1, 0.15) is 85.3 Å². The number of ether oxygens (including phenoxy) is 9. The van der Waals surface area contributed by atoms with Gasteiger partial charge >= 0.3 is 25.4 Å². The smallest absolute Gasteiger partial charge is 0.753 e. The number of isothiocyanates is 2. The molecule has 0 amide bonds. The predicted octanol–water partition coefficient (Wildman–Crippen LogP) is 15.1. The monoisotopic (exact) mass is 1350 g/mol. The van der Waals surface area contributed by atoms with E-state index in [1.165, 1.54) is 95.3 Å². The number of carbonyl (C=O) groups is 2. The molecule has 1 N–H and O–H groups in total. The van der Waals surface area contributed by atoms with Gasteiger partial charge in [-0.1, -0.05) is 76.8 Å². The van der Waals surface area contributed by atoms with Crippen LogP contribution in [0.2, 0.25) is 0 Å². The molecule has 4 aliphatic rings. The van der Waals surface area contributed by atoms with Gasteiger partial charge in [0.1, 0.15) is 58.6 Å². The van der Waals surface area contributed by atoms with Gasteiger partial charge in [0.2, 0.25) is 0 Å². The Hall–Kier alpha value is -7.04. The fourth-order valence-electron chi connectivity index (χ4n) is 9.46. The van der Waals surface area contributed by atoms with Crippen LogP contribution in [-0.2, 0) is 37.1 Å². The van der Waals surface area contributed by atoms with Gasteiger partial charge in [-0.15, -0.1) is 45.3 Å². The number of carboxylic acid groups (broad SMARTS) is 1. The summed E-state index contributed by atoms with van der Waals surface area (Å²) in [5, 5.41) is 25.8. The molecule has 0 spiro atoms. The molecule has 8 aromatic rings. The van der Waals surface area contributed by atoms with Crippen LogP contribution in [0.25, 0.3) is 74.0 Å². The molecule has 442 valence electrons. The number of thiocarbonyl (C=S) groups is 2. The summed E-state index contributed by atoms with van der Waals surface area (Å²) < 4.78 is 55.3. The summed E-state index contributed by atoms with van der Waals surface area (Å²) in [5.41, 5.74) is 4.41. The normalized spacial score (nSPS) is 12.9. The van der Waals surface area contributed by atoms with Crippen molar-refractivity contribution < 1.29 is 76.8 Å². The number of thiophene rings is 4. The number of unbranched alkanes of at least 4 members (excludes halogenated alkanes) is 6. The van der Waals surface area contributed by atoms with E-state index in [0.717, 1.165) is 123 Å². The van der Waals surface area contributed by atoms with Gasteiger partial charge in [0, 0.05) is 30.9 Å². The third kappa shape index (κ3) is 15.3. The Bertz CT molecular complexity index is 3490. The summed E-state index contributed by atoms with van der Waals surface area (Å²) in [4.78, 5) is 47.4. The van der Waals surface area contributed by atoms with Gasteiger partial charge in [-0.05, 0) is 79.3 Å². The van der Waals surface area contributed by atoms with Crippen LogP contribution in [0.5, 0.6) is 51.7 Å². The number of hydrogen-bond donors (Lipinski definition) is 1. The second kappa shape index (κ2) is 31.9. The number of rotatable bonds is 19. The zero-order valence-corrected chi connectivity index (χ0v) is 52.8. The van der Waals surface area contributed by atoms with Crippen molar-refractivity contribution in [3.8, 4) is 115 Å². The van der Waals surface area contributed by atoms with Gasteiger partial charge in [-0.25, -0.2) is 4.79 Å². The first-order chi connectivity index (χ1) is 41.2. The number of aromatic carboxylic acids is 1. The van der Waals surface area contributed by atoms with Crippen molar-refractivity contribution in [3.63, 3.8) is 0 Å². The summed E-state index contributed by atoms with van der Waals surface area (Å²) in [6, 6.07) is 14.0. The molecule has 0 fully saturated rings. The maximum Gasteiger partial charge on any atom is 2.00 e. The molecule has 18 nitrogen and oxygen atoms in total. The Kier molecular flexibility index (Phi) is 24.0. The van der Waals surface area contributed by atoms with E-state index in [9.17, 15) is 9.59 Å². The van der Waals surface area contributed by atoms with Crippen LogP contribution in [0, 0.1) is 0 Å². The molecular weight excluding hydrogens is 1290 g/mol. The molecule has 0 saturated carbocycles. The average molecular weight is 1350 g/mol. The van der Waals surface area contributed by atoms with Gasteiger partial charge in [-0.3, -0.25) is 24.7 Å². The number of hydrogen-bond acceptors (Lipinski definition) is 21. The van der Waals surface area contributed by atoms with Crippen molar-refractivity contribution in [2.45, 2.75) is 78.1 Å². The molecule has 0 atom stereocenters. The quantitative estimate of drug-likeness (QED) is 0.0260. The first-order valence-electron chi connectivity index (χ1n) is 27.1. The van der Waals surface area contributed by atoms with Crippen LogP contribution in [0.3, 0.4) is 0 Å². The molecule has 25 heteroatoms. The summed E-state index contributed by atoms with van der Waals surface area (Å²) in [6.07, 6.45) is 18.0. The maximum absolute atomic E-state index is 10.8. The van der Waals surface area contributed by atoms with Crippen molar-refractivity contribution in [2.24, 2.45) is 0 Å². The van der Waals surface area contributed by atoms with E-state index in [0.29, 0.717) is 76.5 Å². The fraction of sp³-hybridized carbons (Fsp3) is 0.333. The Balaban J connectivity index is 0.000000316. The number of carbonyl (C=O) groups excluding carboxylic acids is 1. The second-order valence-electron chi connectivity index (χ2n) is 18.6. The molecule has 0 radical (unpaired) electrons. The molecule has 0 bridgehead atoms. The Morgan fingerprint density at radius 1 is 0.518 bits per heavy atom. The molecule has 4 aliphatic heterocycles. The van der Waals surface area contributed by atoms with Gasteiger partial charge < -0.3 is 58.6 Å². The summed E-state index contributed by atoms with van der Waals surface area (Å²) >= 11 is 14.3. The first-order valence-corrected chi connectivity index (χ1v) is 31.2. The van der Waals surface area contributed by atoms with Crippen LogP contribution < -0.4 is 42.6 Å². The molecule has 0 aliphatic carbocycles. The van der Waals surface area contributed by atoms with E-state index in [4.69, 9.17) is 63.8 Å². The summed E-state index contributed by atoms with van der Waals surface area (Å²) in [5.74, 6) is 5.77. The minimum Gasteiger partial charge on any atom is -0.753 e. The molecule has 0 aromatic carbocycles. The van der Waals surface area contributed by atoms with Crippen molar-refractivity contribution in [1.82, 2.24) is 19.9 Å². The van der Waals surface area contributed by atoms with Crippen molar-refractivity contribution in [3.05, 3.63) is 99.5 Å². The molecule has 12 rings (SSSR count). The molecule has 85 heavy (non-hydrogen) atoms. The van der Waals surface area contributed by atoms with Crippen LogP contribution in [0.15, 0.2) is 73.3 Å². The molecular formula is C60H56N6O12RuS6. The molecule has 0 unspecified atom stereocenters. The largest absolute Gasteiger partial charge is 2.00 e. The summed E-state index contributed by atoms with van der Waals surface area (Å²) in [7, 11) is 0. The number of fused-ring (bicyclic) bond motifs is 4. The van der Waals surface area contributed by atoms with Crippen LogP contribution in [-0.4, -0.2) is 101 Å². The van der Waals surface area contributed by atoms with Gasteiger partial charge in [0.05, 0.1) is 67.4 Å². The van der Waals surface area contributed by atoms with E-state index in [2.05, 4.69) is 65.1 Å². The van der Waals surface area contributed by atoms with E-state index in [1.807, 2.05) is 24.5 Å². The number of aromatic nitrogens is 4. The first kappa shape index (κ1) is 64.0. The third-order valence-electron chi connectivity index (χ3n) is 13.2. The van der Waals surface area contributed by atoms with Crippen molar-refractivity contribution in [1.29, 1.82) is 0 Å². The van der Waals surface area contributed by atoms with Gasteiger partial charge in [-0.2, -0.15) is 10.3 Å². The Morgan fingerprint density at radius 2 is 0.859 bits per heavy atom. The fourth-order valence-corrected chi connectivity index (χ4v) is 14.5. The SMILES string of the molecule is CCCCCCc1sc(-c2sc(-c3ccnc(-c4cc(-c5sc(-c6sc(CCCCCC)c7c6OCCO7)c6c5OCCO6)ccn4)c3)c3c2OCCO3)c2c1OCCO2.O=COc1ccnc(-c2cc(C(=O)O)ccn2)c1.[N-]=C=S.[N-]=C=S.[Ru+2]. The van der Waals surface area contributed by atoms with E-state index >= 15 is 0 Å². The predicted molar refractivity (Wildman–Crippen MR) is 333 cm³/mol. The second-order valence-corrected chi connectivity index (χ2v) is 23.3. The van der Waals surface area contributed by atoms with Gasteiger partial charge in [0.25, 0.3) is 6.47 Å². The average Bonchev–Trinajstić information content (AvgIpc) is 2.01. The van der Waals surface area contributed by atoms with Crippen molar-refractivity contribution >= 4 is 92.5 Å². The van der Waals surface area contributed by atoms with Gasteiger partial charge in [0.15, 0.2) is 46.0 Å². The van der Waals surface area contributed by atoms with Crippen LogP contribution in [0.4, 0.5) is 0 Å². The summed E-state index contributed by atoms with van der Waals surface area (Å²) in [6.45, 7) is 8.90. The number of pyridine rings is 4. The van der Waals surface area contributed by atoms with E-state index in [1.54, 1.807) is 45.3 Å². The number of carboxylic acids is 1. The number of aryl methyl sites for hydroxylation is 2. The van der Waals surface area contributed by atoms with Crippen LogP contribution >= 0.6 is 69.8 Å². The Labute approximate surface area is 530 Å². The molecule has 12 heterocycles. The maximum atomic E-state index is 10.8. The minimum atomic E-state index is -1.04. The molecule has 8 aromatic heterocycles. The third-order valence-corrected chi connectivity index (χ3v) is 18.3. The number of nitrogens with zero attached hydrogens (tertiary/aromatic N) is 6. The van der Waals surface area contributed by atoms with E-state index in [-0.39, 0.29) is 25.0 Å². The zero-order valence-electron chi connectivity index (χ0n) is 46.2. The van der Waals surface area contributed by atoms with E-state index < -0.39 is 5.97 Å². The Morgan fingerprint density at radius 3 is 1.26 bits per heavy atom. The topological polar surface area (TPSA) is 234 Å². The zero-order chi connectivity index (χ0) is 58.8. The van der Waals surface area contributed by atoms with Crippen molar-refractivity contribution in [2.75, 3.05) is 52.9 Å².